The van der Waals surface area contributed by atoms with Gasteiger partial charge in [0.1, 0.15) is 10.6 Å². The van der Waals surface area contributed by atoms with E-state index in [1.807, 2.05) is 31.2 Å². The number of methoxy groups -OCH3 is 1. The van der Waals surface area contributed by atoms with Crippen molar-refractivity contribution in [1.29, 1.82) is 0 Å². The average Bonchev–Trinajstić information content (AvgIpc) is 3.09. The molecule has 0 aliphatic carbocycles. The van der Waals surface area contributed by atoms with Crippen molar-refractivity contribution in [2.75, 3.05) is 12.4 Å². The lowest BCUT2D eigenvalue weighted by atomic mass is 10.1. The molecule has 1 aromatic heterocycles. The second-order valence-corrected chi connectivity index (χ2v) is 8.09. The lowest BCUT2D eigenvalue weighted by Crippen LogP contribution is -2.15. The summed E-state index contributed by atoms with van der Waals surface area (Å²) in [5.41, 5.74) is 1.90. The molecule has 2 N–H and O–H groups in total. The smallest absolute Gasteiger partial charge is 0.339 e. The van der Waals surface area contributed by atoms with Gasteiger partial charge in [-0.1, -0.05) is 64.6 Å². The Labute approximate surface area is 185 Å². The molecule has 0 unspecified atom stereocenters. The molecule has 0 radical (unpaired) electrons. The van der Waals surface area contributed by atoms with E-state index in [0.717, 1.165) is 11.1 Å². The largest absolute Gasteiger partial charge is 0.494 e. The van der Waals surface area contributed by atoms with Gasteiger partial charge in [-0.15, -0.1) is 11.3 Å². The van der Waals surface area contributed by atoms with E-state index < -0.39 is 11.9 Å². The van der Waals surface area contributed by atoms with Crippen LogP contribution in [0.15, 0.2) is 35.7 Å². The first-order valence-corrected chi connectivity index (χ1v) is 10.2. The number of carbonyl (C=O) groups excluding carboxylic acids is 1. The van der Waals surface area contributed by atoms with Crippen LogP contribution in [0.2, 0.25) is 15.1 Å². The standard InChI is InChI=1S/C20H14Cl3NO4S/c1-9-4-3-5-10(6-9)18-14(20(26)27)13(8-29-18)24-19(25)11-7-12(21)17(28-2)16(23)15(11)22/h3-8H,1-2H3,(H,24,25)(H,26,27). The summed E-state index contributed by atoms with van der Waals surface area (Å²) < 4.78 is 5.07. The number of aromatic carboxylic acids is 1. The highest BCUT2D eigenvalue weighted by molar-refractivity contribution is 7.14. The van der Waals surface area contributed by atoms with E-state index in [9.17, 15) is 14.7 Å². The number of thiophene rings is 1. The average molecular weight is 471 g/mol. The zero-order chi connectivity index (χ0) is 21.3. The minimum atomic E-state index is -1.16. The minimum Gasteiger partial charge on any atom is -0.494 e. The van der Waals surface area contributed by atoms with Gasteiger partial charge in [0.25, 0.3) is 5.91 Å². The van der Waals surface area contributed by atoms with Crippen molar-refractivity contribution in [3.8, 4) is 16.2 Å². The van der Waals surface area contributed by atoms with E-state index >= 15 is 0 Å². The number of amides is 1. The molecular weight excluding hydrogens is 457 g/mol. The molecule has 3 aromatic rings. The number of carboxylic acids is 1. The number of aryl methyl sites for hydroxylation is 1. The summed E-state index contributed by atoms with van der Waals surface area (Å²) in [4.78, 5) is 25.2. The van der Waals surface area contributed by atoms with Crippen molar-refractivity contribution in [2.24, 2.45) is 0 Å². The molecule has 9 heteroatoms. The van der Waals surface area contributed by atoms with Crippen molar-refractivity contribution in [2.45, 2.75) is 6.92 Å². The third-order valence-electron chi connectivity index (χ3n) is 4.10. The van der Waals surface area contributed by atoms with Gasteiger partial charge < -0.3 is 15.2 Å². The molecule has 1 heterocycles. The molecule has 29 heavy (non-hydrogen) atoms. The van der Waals surface area contributed by atoms with Crippen molar-refractivity contribution in [3.63, 3.8) is 0 Å². The molecule has 0 fully saturated rings. The van der Waals surface area contributed by atoms with Crippen LogP contribution in [0.5, 0.6) is 5.75 Å². The van der Waals surface area contributed by atoms with Gasteiger partial charge in [-0.25, -0.2) is 4.79 Å². The molecular formula is C20H14Cl3NO4S. The van der Waals surface area contributed by atoms with Crippen LogP contribution in [-0.4, -0.2) is 24.1 Å². The van der Waals surface area contributed by atoms with Gasteiger partial charge in [0.2, 0.25) is 0 Å². The summed E-state index contributed by atoms with van der Waals surface area (Å²) in [5, 5.41) is 14.0. The molecule has 2 aromatic carbocycles. The zero-order valence-electron chi connectivity index (χ0n) is 15.2. The number of hydrogen-bond donors (Lipinski definition) is 2. The zero-order valence-corrected chi connectivity index (χ0v) is 18.3. The second kappa shape index (κ2) is 8.63. The molecule has 0 saturated carbocycles. The molecule has 0 bridgehead atoms. The van der Waals surface area contributed by atoms with Crippen LogP contribution in [0.25, 0.3) is 10.4 Å². The Bertz CT molecular complexity index is 1130. The van der Waals surface area contributed by atoms with E-state index in [2.05, 4.69) is 5.32 Å². The normalized spacial score (nSPS) is 10.7. The number of carbonyl (C=O) groups is 2. The van der Waals surface area contributed by atoms with Gasteiger partial charge in [-0.3, -0.25) is 4.79 Å². The summed E-state index contributed by atoms with van der Waals surface area (Å²) in [6, 6.07) is 8.77. The highest BCUT2D eigenvalue weighted by atomic mass is 35.5. The number of anilines is 1. The van der Waals surface area contributed by atoms with E-state index in [-0.39, 0.29) is 37.6 Å². The van der Waals surface area contributed by atoms with Crippen molar-refractivity contribution >= 4 is 63.7 Å². The van der Waals surface area contributed by atoms with Gasteiger partial charge in [-0.2, -0.15) is 0 Å². The summed E-state index contributed by atoms with van der Waals surface area (Å²) in [7, 11) is 1.38. The van der Waals surface area contributed by atoms with E-state index in [1.165, 1.54) is 24.5 Å². The monoisotopic (exact) mass is 469 g/mol. The highest BCUT2D eigenvalue weighted by Crippen LogP contribution is 2.41. The number of ether oxygens (including phenoxy) is 1. The number of rotatable bonds is 5. The lowest BCUT2D eigenvalue weighted by molar-refractivity contribution is 0.0699. The van der Waals surface area contributed by atoms with Gasteiger partial charge in [0, 0.05) is 5.38 Å². The molecule has 5 nitrogen and oxygen atoms in total. The number of nitrogens with one attached hydrogen (secondary N) is 1. The van der Waals surface area contributed by atoms with Crippen molar-refractivity contribution in [1.82, 2.24) is 0 Å². The Hall–Kier alpha value is -2.25. The number of halogens is 3. The molecule has 0 aliphatic rings. The molecule has 0 aliphatic heterocycles. The fourth-order valence-corrected chi connectivity index (χ4v) is 4.61. The Balaban J connectivity index is 2.01. The molecule has 0 atom stereocenters. The Morgan fingerprint density at radius 2 is 1.86 bits per heavy atom. The van der Waals surface area contributed by atoms with Crippen LogP contribution in [0.1, 0.15) is 26.3 Å². The summed E-state index contributed by atoms with van der Waals surface area (Å²) in [6.45, 7) is 1.92. The number of benzene rings is 2. The van der Waals surface area contributed by atoms with E-state index in [1.54, 1.807) is 5.38 Å². The third-order valence-corrected chi connectivity index (χ3v) is 6.26. The predicted molar refractivity (Wildman–Crippen MR) is 117 cm³/mol. The quantitative estimate of drug-likeness (QED) is 0.410. The minimum absolute atomic E-state index is 0.00195. The lowest BCUT2D eigenvalue weighted by Gasteiger charge is -2.12. The second-order valence-electron chi connectivity index (χ2n) is 6.05. The van der Waals surface area contributed by atoms with Gasteiger partial charge in [0.05, 0.1) is 33.3 Å². The first-order valence-electron chi connectivity index (χ1n) is 8.19. The maximum absolute atomic E-state index is 12.8. The van der Waals surface area contributed by atoms with Gasteiger partial charge >= 0.3 is 5.97 Å². The first kappa shape index (κ1) is 21.5. The number of hydrogen-bond acceptors (Lipinski definition) is 4. The Morgan fingerprint density at radius 3 is 2.48 bits per heavy atom. The molecule has 150 valence electrons. The maximum atomic E-state index is 12.8. The maximum Gasteiger partial charge on any atom is 0.339 e. The Morgan fingerprint density at radius 1 is 1.14 bits per heavy atom. The topological polar surface area (TPSA) is 75.6 Å². The van der Waals surface area contributed by atoms with Crippen molar-refractivity contribution in [3.05, 3.63) is 67.5 Å². The molecule has 1 amide bonds. The highest BCUT2D eigenvalue weighted by Gasteiger charge is 2.24. The van der Waals surface area contributed by atoms with Gasteiger partial charge in [0.15, 0.2) is 5.75 Å². The van der Waals surface area contributed by atoms with Crippen LogP contribution in [0.4, 0.5) is 5.69 Å². The van der Waals surface area contributed by atoms with Crippen LogP contribution >= 0.6 is 46.1 Å². The van der Waals surface area contributed by atoms with Crippen molar-refractivity contribution < 1.29 is 19.4 Å². The summed E-state index contributed by atoms with van der Waals surface area (Å²) in [6.07, 6.45) is 0. The third kappa shape index (κ3) is 4.21. The molecule has 0 saturated heterocycles. The van der Waals surface area contributed by atoms with E-state index in [0.29, 0.717) is 4.88 Å². The molecule has 0 spiro atoms. The Kier molecular flexibility index (Phi) is 6.39. The van der Waals surface area contributed by atoms with Crippen LogP contribution in [0.3, 0.4) is 0 Å². The first-order chi connectivity index (χ1) is 13.7. The fourth-order valence-electron chi connectivity index (χ4n) is 2.78. The predicted octanol–water partition coefficient (Wildman–Crippen LogP) is 6.64. The van der Waals surface area contributed by atoms with Crippen LogP contribution in [-0.2, 0) is 0 Å². The van der Waals surface area contributed by atoms with E-state index in [4.69, 9.17) is 39.5 Å². The SMILES string of the molecule is COc1c(Cl)cc(C(=O)Nc2csc(-c3cccc(C)c3)c2C(=O)O)c(Cl)c1Cl. The van der Waals surface area contributed by atoms with Crippen LogP contribution < -0.4 is 10.1 Å². The van der Waals surface area contributed by atoms with Gasteiger partial charge in [-0.05, 0) is 18.6 Å². The number of carboxylic acid groups (broad SMARTS) is 1. The van der Waals surface area contributed by atoms with Crippen LogP contribution in [0, 0.1) is 6.92 Å². The summed E-state index contributed by atoms with van der Waals surface area (Å²) >= 11 is 19.6. The molecule has 3 rings (SSSR count). The summed E-state index contributed by atoms with van der Waals surface area (Å²) in [5.74, 6) is -1.65. The fraction of sp³-hybridized carbons (Fsp3) is 0.100.